The summed E-state index contributed by atoms with van der Waals surface area (Å²) < 4.78 is 19.0. The Bertz CT molecular complexity index is 550. The van der Waals surface area contributed by atoms with Crippen LogP contribution in [0.2, 0.25) is 0 Å². The Balaban J connectivity index is 1.89. The van der Waals surface area contributed by atoms with Gasteiger partial charge in [-0.3, -0.25) is 10.1 Å². The van der Waals surface area contributed by atoms with Crippen molar-refractivity contribution in [2.45, 2.75) is 0 Å². The number of hydrogen-bond acceptors (Lipinski definition) is 5. The van der Waals surface area contributed by atoms with Gasteiger partial charge in [-0.2, -0.15) is 0 Å². The summed E-state index contributed by atoms with van der Waals surface area (Å²) in [5.74, 6) is -0.937. The summed E-state index contributed by atoms with van der Waals surface area (Å²) in [5.41, 5.74) is 1.49. The molecular formula is C10H7BrFN3O2S. The largest absolute Gasteiger partial charge is 0.481 e. The molecule has 0 atom stereocenters. The van der Waals surface area contributed by atoms with Gasteiger partial charge in [-0.1, -0.05) is 27.3 Å². The van der Waals surface area contributed by atoms with Gasteiger partial charge in [0.2, 0.25) is 5.13 Å². The van der Waals surface area contributed by atoms with Crippen molar-refractivity contribution in [3.8, 4) is 5.75 Å². The number of halogens is 2. The zero-order chi connectivity index (χ0) is 13.0. The monoisotopic (exact) mass is 331 g/mol. The minimum Gasteiger partial charge on any atom is -0.481 e. The van der Waals surface area contributed by atoms with Crippen LogP contribution in [0.5, 0.6) is 5.75 Å². The predicted octanol–water partition coefficient (Wildman–Crippen LogP) is 2.46. The first-order valence-electron chi connectivity index (χ1n) is 4.79. The van der Waals surface area contributed by atoms with Crippen LogP contribution in [0.25, 0.3) is 0 Å². The minimum absolute atomic E-state index is 0.0191. The molecule has 0 aliphatic heterocycles. The molecule has 1 heterocycles. The van der Waals surface area contributed by atoms with E-state index >= 15 is 0 Å². The molecule has 1 aromatic heterocycles. The molecule has 0 aliphatic rings. The second-order valence-electron chi connectivity index (χ2n) is 3.16. The number of nitrogens with one attached hydrogen (secondary N) is 1. The number of carbonyl (C=O) groups is 1. The van der Waals surface area contributed by atoms with Gasteiger partial charge in [0.15, 0.2) is 18.2 Å². The molecule has 0 aliphatic carbocycles. The van der Waals surface area contributed by atoms with Crippen LogP contribution in [0.3, 0.4) is 0 Å². The standard InChI is InChI=1S/C10H7BrFN3O2S/c11-6-1-2-8(7(12)3-6)17-4-9(16)14-10-15-13-5-18-10/h1-3,5H,4H2,(H,14,15,16). The highest BCUT2D eigenvalue weighted by molar-refractivity contribution is 9.10. The van der Waals surface area contributed by atoms with Crippen molar-refractivity contribution in [2.24, 2.45) is 0 Å². The molecule has 0 radical (unpaired) electrons. The van der Waals surface area contributed by atoms with E-state index in [0.29, 0.717) is 9.60 Å². The summed E-state index contributed by atoms with van der Waals surface area (Å²) in [5, 5.41) is 10.1. The first kappa shape index (κ1) is 12.9. The first-order valence-corrected chi connectivity index (χ1v) is 6.46. The van der Waals surface area contributed by atoms with E-state index in [0.717, 1.165) is 0 Å². The van der Waals surface area contributed by atoms with Crippen LogP contribution < -0.4 is 10.1 Å². The van der Waals surface area contributed by atoms with Gasteiger partial charge >= 0.3 is 0 Å². The van der Waals surface area contributed by atoms with Crippen molar-refractivity contribution in [1.29, 1.82) is 0 Å². The Morgan fingerprint density at radius 1 is 1.56 bits per heavy atom. The maximum Gasteiger partial charge on any atom is 0.264 e. The molecule has 0 spiro atoms. The topological polar surface area (TPSA) is 64.1 Å². The smallest absolute Gasteiger partial charge is 0.264 e. The summed E-state index contributed by atoms with van der Waals surface area (Å²) in [6.45, 7) is -0.294. The lowest BCUT2D eigenvalue weighted by Gasteiger charge is -2.06. The number of benzene rings is 1. The Morgan fingerprint density at radius 2 is 2.39 bits per heavy atom. The van der Waals surface area contributed by atoms with Gasteiger partial charge in [0, 0.05) is 4.47 Å². The molecule has 1 aromatic carbocycles. The van der Waals surface area contributed by atoms with Crippen LogP contribution >= 0.6 is 27.3 Å². The van der Waals surface area contributed by atoms with Gasteiger partial charge in [0.05, 0.1) is 0 Å². The number of nitrogens with zero attached hydrogens (tertiary/aromatic N) is 2. The number of anilines is 1. The lowest BCUT2D eigenvalue weighted by Crippen LogP contribution is -2.20. The Kier molecular flexibility index (Phi) is 4.21. The van der Waals surface area contributed by atoms with Crippen molar-refractivity contribution < 1.29 is 13.9 Å². The van der Waals surface area contributed by atoms with Crippen molar-refractivity contribution in [1.82, 2.24) is 10.2 Å². The van der Waals surface area contributed by atoms with Crippen molar-refractivity contribution in [3.05, 3.63) is 34.0 Å². The second kappa shape index (κ2) is 5.87. The Labute approximate surface area is 114 Å². The van der Waals surface area contributed by atoms with E-state index in [4.69, 9.17) is 4.74 Å². The van der Waals surface area contributed by atoms with Crippen molar-refractivity contribution in [2.75, 3.05) is 11.9 Å². The zero-order valence-corrected chi connectivity index (χ0v) is 11.3. The number of aromatic nitrogens is 2. The molecule has 2 rings (SSSR count). The summed E-state index contributed by atoms with van der Waals surface area (Å²) >= 11 is 4.32. The zero-order valence-electron chi connectivity index (χ0n) is 8.89. The summed E-state index contributed by atoms with van der Waals surface area (Å²) in [6, 6.07) is 4.33. The highest BCUT2D eigenvalue weighted by atomic mass is 79.9. The second-order valence-corrected chi connectivity index (χ2v) is 4.90. The van der Waals surface area contributed by atoms with Gasteiger partial charge in [0.1, 0.15) is 5.51 Å². The number of ether oxygens (including phenoxy) is 1. The van der Waals surface area contributed by atoms with E-state index in [1.807, 2.05) is 0 Å². The van der Waals surface area contributed by atoms with Crippen LogP contribution in [0.15, 0.2) is 28.2 Å². The van der Waals surface area contributed by atoms with Crippen LogP contribution in [-0.2, 0) is 4.79 Å². The fraction of sp³-hybridized carbons (Fsp3) is 0.100. The maximum atomic E-state index is 13.4. The fourth-order valence-electron chi connectivity index (χ4n) is 1.12. The molecule has 18 heavy (non-hydrogen) atoms. The minimum atomic E-state index is -0.534. The maximum absolute atomic E-state index is 13.4. The molecule has 0 fully saturated rings. The van der Waals surface area contributed by atoms with Gasteiger partial charge in [-0.15, -0.1) is 10.2 Å². The lowest BCUT2D eigenvalue weighted by molar-refractivity contribution is -0.118. The van der Waals surface area contributed by atoms with Gasteiger partial charge in [-0.05, 0) is 18.2 Å². The lowest BCUT2D eigenvalue weighted by atomic mass is 10.3. The van der Waals surface area contributed by atoms with E-state index in [2.05, 4.69) is 31.4 Å². The number of amides is 1. The van der Waals surface area contributed by atoms with Crippen molar-refractivity contribution >= 4 is 38.3 Å². The first-order chi connectivity index (χ1) is 8.65. The molecule has 5 nitrogen and oxygen atoms in total. The molecule has 0 saturated heterocycles. The van der Waals surface area contributed by atoms with Gasteiger partial charge in [-0.25, -0.2) is 4.39 Å². The molecule has 1 amide bonds. The number of carbonyl (C=O) groups excluding carboxylic acids is 1. The van der Waals surface area contributed by atoms with Crippen LogP contribution in [0, 0.1) is 5.82 Å². The highest BCUT2D eigenvalue weighted by Crippen LogP contribution is 2.21. The third-order valence-corrected chi connectivity index (χ3v) is 2.96. The third kappa shape index (κ3) is 3.47. The van der Waals surface area contributed by atoms with Crippen LogP contribution in [0.1, 0.15) is 0 Å². The quantitative estimate of drug-likeness (QED) is 0.934. The molecule has 0 bridgehead atoms. The molecule has 0 saturated carbocycles. The molecule has 1 N–H and O–H groups in total. The highest BCUT2D eigenvalue weighted by Gasteiger charge is 2.08. The van der Waals surface area contributed by atoms with Crippen LogP contribution in [-0.4, -0.2) is 22.7 Å². The Morgan fingerprint density at radius 3 is 3.06 bits per heavy atom. The summed E-state index contributed by atoms with van der Waals surface area (Å²) in [7, 11) is 0. The summed E-state index contributed by atoms with van der Waals surface area (Å²) in [6.07, 6.45) is 0. The average Bonchev–Trinajstić information content (AvgIpc) is 2.80. The Hall–Kier alpha value is -1.54. The molecule has 2 aromatic rings. The van der Waals surface area contributed by atoms with Gasteiger partial charge in [0.25, 0.3) is 5.91 Å². The van der Waals surface area contributed by atoms with E-state index in [1.165, 1.54) is 29.0 Å². The van der Waals surface area contributed by atoms with E-state index in [-0.39, 0.29) is 12.4 Å². The number of hydrogen-bond donors (Lipinski definition) is 1. The molecule has 94 valence electrons. The van der Waals surface area contributed by atoms with E-state index in [9.17, 15) is 9.18 Å². The van der Waals surface area contributed by atoms with Crippen molar-refractivity contribution in [3.63, 3.8) is 0 Å². The van der Waals surface area contributed by atoms with E-state index < -0.39 is 11.7 Å². The molecule has 0 unspecified atom stereocenters. The summed E-state index contributed by atoms with van der Waals surface area (Å²) in [4.78, 5) is 11.4. The number of rotatable bonds is 4. The normalized spacial score (nSPS) is 10.1. The third-order valence-electron chi connectivity index (χ3n) is 1.86. The van der Waals surface area contributed by atoms with E-state index in [1.54, 1.807) is 6.07 Å². The van der Waals surface area contributed by atoms with Gasteiger partial charge < -0.3 is 4.74 Å². The fourth-order valence-corrected chi connectivity index (χ4v) is 1.91. The van der Waals surface area contributed by atoms with Crippen LogP contribution in [0.4, 0.5) is 9.52 Å². The molecular weight excluding hydrogens is 325 g/mol. The average molecular weight is 332 g/mol. The predicted molar refractivity (Wildman–Crippen MR) is 68.1 cm³/mol. The molecule has 8 heteroatoms. The SMILES string of the molecule is O=C(COc1ccc(Br)cc1F)Nc1nncs1.